The number of ether oxygens (including phenoxy) is 1. The minimum atomic E-state index is -4.70. The molecule has 0 saturated heterocycles. The standard InChI is InChI=1S/C13H9F3N2O4/c1-22-12(19)10-3-2-6-17(10)9-5-4-8(13(14,15)16)7-11(9)18(20)21/h2-7H,1H3. The van der Waals surface area contributed by atoms with Crippen LogP contribution in [0.3, 0.4) is 0 Å². The highest BCUT2D eigenvalue weighted by molar-refractivity contribution is 5.88. The van der Waals surface area contributed by atoms with Crippen LogP contribution < -0.4 is 0 Å². The van der Waals surface area contributed by atoms with Gasteiger partial charge >= 0.3 is 12.1 Å². The van der Waals surface area contributed by atoms with E-state index in [9.17, 15) is 28.1 Å². The number of nitro groups is 1. The average Bonchev–Trinajstić information content (AvgIpc) is 2.93. The first-order chi connectivity index (χ1) is 10.3. The molecule has 2 rings (SSSR count). The zero-order chi connectivity index (χ0) is 16.5. The van der Waals surface area contributed by atoms with E-state index in [1.807, 2.05) is 0 Å². The van der Waals surface area contributed by atoms with Gasteiger partial charge in [0.2, 0.25) is 0 Å². The molecule has 1 aromatic carbocycles. The Kier molecular flexibility index (Phi) is 3.89. The number of alkyl halides is 3. The number of nitrogens with zero attached hydrogens (tertiary/aromatic N) is 2. The highest BCUT2D eigenvalue weighted by Crippen LogP contribution is 2.34. The van der Waals surface area contributed by atoms with Crippen LogP contribution in [0.25, 0.3) is 5.69 Å². The van der Waals surface area contributed by atoms with E-state index in [0.29, 0.717) is 12.1 Å². The maximum absolute atomic E-state index is 12.7. The fourth-order valence-corrected chi connectivity index (χ4v) is 1.91. The molecule has 0 aliphatic carbocycles. The van der Waals surface area contributed by atoms with Crippen molar-refractivity contribution < 1.29 is 27.6 Å². The lowest BCUT2D eigenvalue weighted by Crippen LogP contribution is -2.11. The van der Waals surface area contributed by atoms with Gasteiger partial charge in [-0.15, -0.1) is 0 Å². The second-order valence-corrected chi connectivity index (χ2v) is 4.21. The second kappa shape index (κ2) is 5.51. The van der Waals surface area contributed by atoms with Crippen molar-refractivity contribution in [3.8, 4) is 5.69 Å². The summed E-state index contributed by atoms with van der Waals surface area (Å²) in [6.07, 6.45) is -3.38. The van der Waals surface area contributed by atoms with Crippen molar-refractivity contribution >= 4 is 11.7 Å². The molecular formula is C13H9F3N2O4. The Hall–Kier alpha value is -2.84. The number of methoxy groups -OCH3 is 1. The van der Waals surface area contributed by atoms with E-state index >= 15 is 0 Å². The largest absolute Gasteiger partial charge is 0.464 e. The molecule has 0 aliphatic rings. The molecule has 0 spiro atoms. The number of halogens is 3. The molecule has 0 atom stereocenters. The number of rotatable bonds is 3. The molecule has 22 heavy (non-hydrogen) atoms. The first-order valence-corrected chi connectivity index (χ1v) is 5.87. The molecular weight excluding hydrogens is 305 g/mol. The smallest absolute Gasteiger partial charge is 0.416 e. The van der Waals surface area contributed by atoms with Gasteiger partial charge in [-0.3, -0.25) is 10.1 Å². The van der Waals surface area contributed by atoms with Crippen LogP contribution in [0.2, 0.25) is 0 Å². The molecule has 6 nitrogen and oxygen atoms in total. The van der Waals surface area contributed by atoms with Crippen molar-refractivity contribution in [1.29, 1.82) is 0 Å². The lowest BCUT2D eigenvalue weighted by molar-refractivity contribution is -0.384. The fraction of sp³-hybridized carbons (Fsp3) is 0.154. The van der Waals surface area contributed by atoms with Gasteiger partial charge in [0, 0.05) is 12.3 Å². The van der Waals surface area contributed by atoms with Crippen LogP contribution in [0.1, 0.15) is 16.1 Å². The van der Waals surface area contributed by atoms with E-state index in [1.54, 1.807) is 0 Å². The summed E-state index contributed by atoms with van der Waals surface area (Å²) < 4.78 is 43.6. The van der Waals surface area contributed by atoms with E-state index < -0.39 is 28.3 Å². The van der Waals surface area contributed by atoms with Gasteiger partial charge in [-0.1, -0.05) is 0 Å². The third-order valence-corrected chi connectivity index (χ3v) is 2.90. The number of hydrogen-bond acceptors (Lipinski definition) is 4. The number of benzene rings is 1. The summed E-state index contributed by atoms with van der Waals surface area (Å²) in [5, 5.41) is 11.1. The van der Waals surface area contributed by atoms with E-state index in [1.165, 1.54) is 18.3 Å². The number of aromatic nitrogens is 1. The number of esters is 1. The summed E-state index contributed by atoms with van der Waals surface area (Å²) in [6.45, 7) is 0. The lowest BCUT2D eigenvalue weighted by atomic mass is 10.1. The molecule has 2 aromatic rings. The Labute approximate surface area is 121 Å². The normalized spacial score (nSPS) is 11.3. The van der Waals surface area contributed by atoms with E-state index in [0.717, 1.165) is 17.7 Å². The molecule has 0 amide bonds. The van der Waals surface area contributed by atoms with Gasteiger partial charge in [0.1, 0.15) is 11.4 Å². The molecule has 0 radical (unpaired) electrons. The highest BCUT2D eigenvalue weighted by atomic mass is 19.4. The highest BCUT2D eigenvalue weighted by Gasteiger charge is 2.33. The maximum atomic E-state index is 12.7. The topological polar surface area (TPSA) is 74.4 Å². The van der Waals surface area contributed by atoms with Crippen LogP contribution in [0.5, 0.6) is 0 Å². The first-order valence-electron chi connectivity index (χ1n) is 5.87. The number of carbonyl (C=O) groups is 1. The fourth-order valence-electron chi connectivity index (χ4n) is 1.91. The molecule has 116 valence electrons. The molecule has 1 aromatic heterocycles. The number of carbonyl (C=O) groups excluding carboxylic acids is 1. The first kappa shape index (κ1) is 15.5. The van der Waals surface area contributed by atoms with Gasteiger partial charge in [0.05, 0.1) is 17.6 Å². The lowest BCUT2D eigenvalue weighted by Gasteiger charge is -2.11. The molecule has 0 fully saturated rings. The van der Waals surface area contributed by atoms with Crippen molar-refractivity contribution in [2.45, 2.75) is 6.18 Å². The summed E-state index contributed by atoms with van der Waals surface area (Å²) in [4.78, 5) is 21.7. The van der Waals surface area contributed by atoms with Crippen LogP contribution in [-0.2, 0) is 10.9 Å². The predicted octanol–water partition coefficient (Wildman–Crippen LogP) is 3.19. The van der Waals surface area contributed by atoms with Crippen molar-refractivity contribution in [3.63, 3.8) is 0 Å². The van der Waals surface area contributed by atoms with Crippen molar-refractivity contribution in [2.24, 2.45) is 0 Å². The molecule has 0 unspecified atom stereocenters. The Bertz CT molecular complexity index is 737. The average molecular weight is 314 g/mol. The maximum Gasteiger partial charge on any atom is 0.416 e. The zero-order valence-electron chi connectivity index (χ0n) is 11.1. The van der Waals surface area contributed by atoms with Gasteiger partial charge in [0.25, 0.3) is 5.69 Å². The zero-order valence-corrected chi connectivity index (χ0v) is 11.1. The molecule has 0 saturated carbocycles. The summed E-state index contributed by atoms with van der Waals surface area (Å²) in [6, 6.07) is 4.84. The molecule has 0 aliphatic heterocycles. The van der Waals surface area contributed by atoms with Crippen LogP contribution in [0.15, 0.2) is 36.5 Å². The van der Waals surface area contributed by atoms with Gasteiger partial charge in [0.15, 0.2) is 0 Å². The molecule has 0 bridgehead atoms. The minimum Gasteiger partial charge on any atom is -0.464 e. The Morgan fingerprint density at radius 2 is 2.00 bits per heavy atom. The van der Waals surface area contributed by atoms with Gasteiger partial charge in [-0.05, 0) is 24.3 Å². The third kappa shape index (κ3) is 2.78. The van der Waals surface area contributed by atoms with E-state index in [4.69, 9.17) is 0 Å². The summed E-state index contributed by atoms with van der Waals surface area (Å²) in [5.41, 5.74) is -2.11. The van der Waals surface area contributed by atoms with Gasteiger partial charge in [-0.25, -0.2) is 4.79 Å². The van der Waals surface area contributed by atoms with Crippen LogP contribution in [-0.4, -0.2) is 22.6 Å². The van der Waals surface area contributed by atoms with Crippen molar-refractivity contribution in [1.82, 2.24) is 4.57 Å². The SMILES string of the molecule is COC(=O)c1cccn1-c1ccc(C(F)(F)F)cc1[N+](=O)[O-]. The molecule has 1 heterocycles. The number of nitro benzene ring substituents is 1. The Morgan fingerprint density at radius 1 is 1.32 bits per heavy atom. The Balaban J connectivity index is 2.64. The predicted molar refractivity (Wildman–Crippen MR) is 68.8 cm³/mol. The van der Waals surface area contributed by atoms with E-state index in [-0.39, 0.29) is 11.4 Å². The van der Waals surface area contributed by atoms with Gasteiger partial charge in [-0.2, -0.15) is 13.2 Å². The van der Waals surface area contributed by atoms with Crippen LogP contribution in [0.4, 0.5) is 18.9 Å². The number of hydrogen-bond donors (Lipinski definition) is 0. The monoisotopic (exact) mass is 314 g/mol. The summed E-state index contributed by atoms with van der Waals surface area (Å²) >= 11 is 0. The Morgan fingerprint density at radius 3 is 2.55 bits per heavy atom. The molecule has 0 N–H and O–H groups in total. The summed E-state index contributed by atoms with van der Waals surface area (Å²) in [7, 11) is 1.13. The van der Waals surface area contributed by atoms with Crippen molar-refractivity contribution in [3.05, 3.63) is 57.9 Å². The van der Waals surface area contributed by atoms with Gasteiger partial charge < -0.3 is 9.30 Å². The molecule has 9 heteroatoms. The quantitative estimate of drug-likeness (QED) is 0.495. The van der Waals surface area contributed by atoms with Crippen LogP contribution >= 0.6 is 0 Å². The minimum absolute atomic E-state index is 0.0367. The van der Waals surface area contributed by atoms with Crippen LogP contribution in [0, 0.1) is 10.1 Å². The van der Waals surface area contributed by atoms with E-state index in [2.05, 4.69) is 4.74 Å². The third-order valence-electron chi connectivity index (χ3n) is 2.90. The second-order valence-electron chi connectivity index (χ2n) is 4.21. The summed E-state index contributed by atoms with van der Waals surface area (Å²) in [5.74, 6) is -0.765. The van der Waals surface area contributed by atoms with Crippen molar-refractivity contribution in [2.75, 3.05) is 7.11 Å².